The smallest absolute Gasteiger partial charge is 0.307 e. The van der Waals surface area contributed by atoms with Gasteiger partial charge in [-0.15, -0.1) is 5.10 Å². The van der Waals surface area contributed by atoms with Gasteiger partial charge in [-0.25, -0.2) is 0 Å². The van der Waals surface area contributed by atoms with Crippen molar-refractivity contribution in [1.82, 2.24) is 25.5 Å². The summed E-state index contributed by atoms with van der Waals surface area (Å²) >= 11 is 0. The first-order valence-corrected chi connectivity index (χ1v) is 20.1. The molecule has 12 atom stereocenters. The zero-order valence-corrected chi connectivity index (χ0v) is 33.9. The van der Waals surface area contributed by atoms with E-state index in [2.05, 4.69) is 110 Å². The maximum Gasteiger partial charge on any atom is 0.307 e. The fraction of sp³-hybridized carbons (Fsp3) is 0.902. The van der Waals surface area contributed by atoms with Crippen molar-refractivity contribution in [1.29, 1.82) is 0 Å². The summed E-state index contributed by atoms with van der Waals surface area (Å²) in [6.45, 7) is 30.3. The molecule has 6 rings (SSSR count). The number of nitrogens with one attached hydrogen (secondary N) is 1. The average molecular weight is 711 g/mol. The van der Waals surface area contributed by atoms with Gasteiger partial charge in [0.1, 0.15) is 6.04 Å². The predicted octanol–water partition coefficient (Wildman–Crippen LogP) is 7.43. The quantitative estimate of drug-likeness (QED) is 0.200. The molecular formula is C41H70N6O4. The fourth-order valence-corrected chi connectivity index (χ4v) is 12.6. The van der Waals surface area contributed by atoms with Gasteiger partial charge in [-0.3, -0.25) is 4.79 Å². The Morgan fingerprint density at radius 1 is 1.10 bits per heavy atom. The van der Waals surface area contributed by atoms with Crippen molar-refractivity contribution in [2.45, 2.75) is 139 Å². The number of nitrogens with two attached hydrogens (primary N) is 1. The van der Waals surface area contributed by atoms with Gasteiger partial charge in [0, 0.05) is 16.4 Å². The molecule has 0 amide bonds. The Kier molecular flexibility index (Phi) is 9.91. The number of allylic oxidation sites excluding steroid dienone is 1. The Morgan fingerprint density at radius 3 is 2.39 bits per heavy atom. The number of carboxylic acid groups (broad SMARTS) is 1. The van der Waals surface area contributed by atoms with Crippen LogP contribution in [0.4, 0.5) is 5.95 Å². The molecule has 10 heteroatoms. The fourth-order valence-electron chi connectivity index (χ4n) is 12.6. The van der Waals surface area contributed by atoms with Crippen molar-refractivity contribution < 1.29 is 19.4 Å². The topological polar surface area (TPSA) is 137 Å². The molecule has 0 aromatic carbocycles. The highest BCUT2D eigenvalue weighted by molar-refractivity contribution is 5.73. The normalized spacial score (nSPS) is 42.5. The summed E-state index contributed by atoms with van der Waals surface area (Å²) in [6, 6.07) is -0.171. The largest absolute Gasteiger partial charge is 0.481 e. The number of aliphatic carboxylic acids is 1. The zero-order valence-electron chi connectivity index (χ0n) is 33.9. The third kappa shape index (κ3) is 5.73. The van der Waals surface area contributed by atoms with E-state index in [1.54, 1.807) is 4.80 Å². The molecule has 0 spiro atoms. The highest BCUT2D eigenvalue weighted by Crippen LogP contribution is 2.75. The van der Waals surface area contributed by atoms with Gasteiger partial charge in [0.25, 0.3) is 5.95 Å². The van der Waals surface area contributed by atoms with Gasteiger partial charge in [0.15, 0.2) is 0 Å². The highest BCUT2D eigenvalue weighted by atomic mass is 16.5. The molecule has 288 valence electrons. The van der Waals surface area contributed by atoms with Gasteiger partial charge in [-0.2, -0.15) is 4.80 Å². The van der Waals surface area contributed by atoms with Crippen LogP contribution in [0.25, 0.3) is 0 Å². The number of hydrogen-bond acceptors (Lipinski definition) is 8. The number of ether oxygens (including phenoxy) is 2. The van der Waals surface area contributed by atoms with Crippen molar-refractivity contribution in [3.63, 3.8) is 0 Å². The second kappa shape index (κ2) is 13.1. The van der Waals surface area contributed by atoms with Gasteiger partial charge < -0.3 is 25.6 Å². The number of tetrazole rings is 1. The number of hydrogen-bond donors (Lipinski definition) is 3. The van der Waals surface area contributed by atoms with Crippen LogP contribution in [0.15, 0.2) is 11.6 Å². The van der Waals surface area contributed by atoms with Crippen LogP contribution in [0.5, 0.6) is 0 Å². The van der Waals surface area contributed by atoms with E-state index >= 15 is 0 Å². The standard InChI is InChI=1S/C41H70N6O4/c1-24(2)20-43-40(12,26(5)6)22-51-33-30(47-45-35(42)44-46-47)19-41-23-50-21-37(33,9)31(41)14-13-28-29(41)15-16-39(11)32(34(48)49)36(8,27(7)25(3)4)17-18-38(28,39)10/h15,24-28,30-33,43H,13-14,16-23H2,1-12H3,(H2,42,45)(H,48,49)/t27-,28+,30-,31+,32-,33+,36-,37-,38-,39+,40-,41+/m1/s1. The van der Waals surface area contributed by atoms with Crippen LogP contribution < -0.4 is 11.1 Å². The molecule has 3 saturated carbocycles. The van der Waals surface area contributed by atoms with Crippen LogP contribution in [0, 0.1) is 68.5 Å². The molecule has 4 fully saturated rings. The number of nitrogens with zero attached hydrogens (tertiary/aromatic N) is 4. The lowest BCUT2D eigenvalue weighted by Gasteiger charge is -2.71. The minimum atomic E-state index is -0.625. The Morgan fingerprint density at radius 2 is 1.80 bits per heavy atom. The molecular weight excluding hydrogens is 640 g/mol. The summed E-state index contributed by atoms with van der Waals surface area (Å²) in [6.07, 6.45) is 7.96. The molecule has 10 nitrogen and oxygen atoms in total. The van der Waals surface area contributed by atoms with E-state index in [9.17, 15) is 9.90 Å². The van der Waals surface area contributed by atoms with Crippen molar-refractivity contribution in [3.05, 3.63) is 11.6 Å². The maximum absolute atomic E-state index is 13.5. The van der Waals surface area contributed by atoms with Crippen LogP contribution in [0.2, 0.25) is 0 Å². The second-order valence-corrected chi connectivity index (χ2v) is 20.2. The Bertz CT molecular complexity index is 1490. The minimum absolute atomic E-state index is 0.149. The molecule has 51 heavy (non-hydrogen) atoms. The molecule has 1 aromatic heterocycles. The predicted molar refractivity (Wildman–Crippen MR) is 201 cm³/mol. The van der Waals surface area contributed by atoms with Crippen molar-refractivity contribution in [3.8, 4) is 0 Å². The lowest BCUT2D eigenvalue weighted by molar-refractivity contribution is -0.254. The molecule has 2 heterocycles. The monoisotopic (exact) mass is 711 g/mol. The number of nitrogen functional groups attached to an aromatic ring is 1. The van der Waals surface area contributed by atoms with E-state index in [0.717, 1.165) is 45.1 Å². The molecule has 0 radical (unpaired) electrons. The Hall–Kier alpha value is -2.04. The third-order valence-electron chi connectivity index (χ3n) is 16.6. The van der Waals surface area contributed by atoms with E-state index in [1.807, 2.05) is 0 Å². The lowest BCUT2D eigenvalue weighted by Crippen LogP contribution is -2.69. The summed E-state index contributed by atoms with van der Waals surface area (Å²) < 4.78 is 14.0. The van der Waals surface area contributed by atoms with E-state index in [4.69, 9.17) is 15.2 Å². The average Bonchev–Trinajstić information content (AvgIpc) is 3.48. The molecule has 1 aromatic rings. The summed E-state index contributed by atoms with van der Waals surface area (Å²) in [5.41, 5.74) is 6.11. The Balaban J connectivity index is 1.42. The number of carboxylic acids is 1. The van der Waals surface area contributed by atoms with Gasteiger partial charge in [-0.05, 0) is 109 Å². The maximum atomic E-state index is 13.5. The first-order chi connectivity index (χ1) is 23.7. The van der Waals surface area contributed by atoms with Gasteiger partial charge in [0.2, 0.25) is 0 Å². The molecule has 0 unspecified atom stereocenters. The molecule has 4 aliphatic carbocycles. The molecule has 1 saturated heterocycles. The summed E-state index contributed by atoms with van der Waals surface area (Å²) in [7, 11) is 0. The highest BCUT2D eigenvalue weighted by Gasteiger charge is 2.72. The van der Waals surface area contributed by atoms with Crippen LogP contribution in [0.3, 0.4) is 0 Å². The zero-order chi connectivity index (χ0) is 37.5. The van der Waals surface area contributed by atoms with Crippen LogP contribution in [-0.2, 0) is 14.3 Å². The first-order valence-electron chi connectivity index (χ1n) is 20.1. The number of aromatic nitrogens is 4. The molecule has 5 aliphatic rings. The van der Waals surface area contributed by atoms with Gasteiger partial charge in [-0.1, -0.05) is 92.9 Å². The van der Waals surface area contributed by atoms with E-state index in [0.29, 0.717) is 49.4 Å². The first kappa shape index (κ1) is 38.7. The lowest BCUT2D eigenvalue weighted by atomic mass is 9.34. The summed E-state index contributed by atoms with van der Waals surface area (Å²) in [4.78, 5) is 15.2. The Labute approximate surface area is 307 Å². The SMILES string of the molecule is CC(C)CN[C@](C)(CO[C@H]1[C@H](n2nnc(N)n2)C[C@@]23COC[C@]1(C)[C@@H]2CC[C@H]1C3=CC[C@@]2(C)[C@H](C(=O)O)[C@@](C)([C@H](C)C(C)C)CC[C@]12C)C(C)C. The number of anilines is 1. The van der Waals surface area contributed by atoms with E-state index < -0.39 is 11.9 Å². The molecule has 4 N–H and O–H groups in total. The van der Waals surface area contributed by atoms with E-state index in [1.165, 1.54) is 5.57 Å². The third-order valence-corrected chi connectivity index (χ3v) is 16.6. The second-order valence-electron chi connectivity index (χ2n) is 20.2. The summed E-state index contributed by atoms with van der Waals surface area (Å²) in [5.74, 6) is 1.40. The van der Waals surface area contributed by atoms with Crippen molar-refractivity contribution >= 4 is 11.9 Å². The van der Waals surface area contributed by atoms with Crippen molar-refractivity contribution in [2.75, 3.05) is 32.1 Å². The van der Waals surface area contributed by atoms with Crippen molar-refractivity contribution in [2.24, 2.45) is 68.5 Å². The summed E-state index contributed by atoms with van der Waals surface area (Å²) in [5, 5.41) is 28.2. The number of fused-ring (bicyclic) bond motifs is 3. The van der Waals surface area contributed by atoms with Crippen LogP contribution >= 0.6 is 0 Å². The number of carbonyl (C=O) groups is 1. The molecule has 1 aliphatic heterocycles. The number of rotatable bonds is 11. The minimum Gasteiger partial charge on any atom is -0.481 e. The van der Waals surface area contributed by atoms with Crippen LogP contribution in [0.1, 0.15) is 128 Å². The van der Waals surface area contributed by atoms with Gasteiger partial charge in [0.05, 0.1) is 31.8 Å². The molecule has 2 bridgehead atoms. The van der Waals surface area contributed by atoms with Gasteiger partial charge >= 0.3 is 5.97 Å². The van der Waals surface area contributed by atoms with Crippen LogP contribution in [-0.4, -0.2) is 69.3 Å². The van der Waals surface area contributed by atoms with E-state index in [-0.39, 0.29) is 56.6 Å².